The maximum atomic E-state index is 4.25. The van der Waals surface area contributed by atoms with E-state index >= 15 is 0 Å². The lowest BCUT2D eigenvalue weighted by atomic mass is 10.2. The number of nitrogens with zero attached hydrogens (tertiary/aromatic N) is 1. The van der Waals surface area contributed by atoms with E-state index in [0.29, 0.717) is 0 Å². The molecule has 0 atom stereocenters. The number of pyridine rings is 1. The molecule has 0 amide bonds. The molecule has 2 nitrogen and oxygen atoms in total. The van der Waals surface area contributed by atoms with Crippen LogP contribution in [0, 0.1) is 6.92 Å². The minimum Gasteiger partial charge on any atom is -0.366 e. The van der Waals surface area contributed by atoms with Gasteiger partial charge in [0.2, 0.25) is 0 Å². The molecule has 1 heterocycles. The van der Waals surface area contributed by atoms with Crippen molar-refractivity contribution in [3.63, 3.8) is 0 Å². The quantitative estimate of drug-likeness (QED) is 0.883. The van der Waals surface area contributed by atoms with E-state index in [1.807, 2.05) is 30.5 Å². The molecule has 1 aromatic heterocycles. The number of hydrogen-bond acceptors (Lipinski definition) is 2. The van der Waals surface area contributed by atoms with E-state index in [-0.39, 0.29) is 17.0 Å². The Labute approximate surface area is 120 Å². The third kappa shape index (κ3) is 4.48. The van der Waals surface area contributed by atoms with Gasteiger partial charge in [0.1, 0.15) is 5.82 Å². The van der Waals surface area contributed by atoms with Crippen LogP contribution in [0.1, 0.15) is 11.1 Å². The monoisotopic (exact) mass is 356 g/mol. The van der Waals surface area contributed by atoms with Crippen LogP contribution in [0.5, 0.6) is 0 Å². The number of halogens is 2. The molecule has 2 aromatic rings. The molecule has 0 aliphatic carbocycles. The maximum absolute atomic E-state index is 4.25. The van der Waals surface area contributed by atoms with Crippen LogP contribution >= 0.6 is 32.9 Å². The molecule has 4 heteroatoms. The van der Waals surface area contributed by atoms with Gasteiger partial charge in [-0.05, 0) is 42.3 Å². The highest BCUT2D eigenvalue weighted by molar-refractivity contribution is 9.10. The zero-order valence-corrected chi connectivity index (χ0v) is 12.8. The Kier molecular flexibility index (Phi) is 5.65. The van der Waals surface area contributed by atoms with Gasteiger partial charge in [-0.3, -0.25) is 0 Å². The number of benzene rings is 1. The van der Waals surface area contributed by atoms with Crippen molar-refractivity contribution in [1.82, 2.24) is 4.98 Å². The number of anilines is 1. The molecule has 1 aromatic carbocycles. The minimum absolute atomic E-state index is 0. The molecule has 0 radical (unpaired) electrons. The van der Waals surface area contributed by atoms with Crippen molar-refractivity contribution < 1.29 is 0 Å². The Bertz CT molecular complexity index is 469. The maximum Gasteiger partial charge on any atom is 0.126 e. The first-order valence-corrected chi connectivity index (χ1v) is 5.94. The second-order valence-electron chi connectivity index (χ2n) is 3.70. The van der Waals surface area contributed by atoms with Gasteiger partial charge in [-0.2, -0.15) is 0 Å². The fourth-order valence-electron chi connectivity index (χ4n) is 1.43. The van der Waals surface area contributed by atoms with Crippen molar-refractivity contribution in [2.24, 2.45) is 0 Å². The molecule has 17 heavy (non-hydrogen) atoms. The number of aromatic nitrogens is 1. The number of hydrogen-bond donors (Lipinski definition) is 1. The van der Waals surface area contributed by atoms with Crippen LogP contribution in [-0.2, 0) is 6.54 Å². The van der Waals surface area contributed by atoms with Crippen LogP contribution in [0.3, 0.4) is 0 Å². The summed E-state index contributed by atoms with van der Waals surface area (Å²) in [7, 11) is 0. The molecule has 0 saturated carbocycles. The van der Waals surface area contributed by atoms with Gasteiger partial charge in [-0.25, -0.2) is 4.98 Å². The Morgan fingerprint density at radius 1 is 1.18 bits per heavy atom. The average Bonchev–Trinajstić information content (AvgIpc) is 2.28. The Balaban J connectivity index is 0.00000144. The van der Waals surface area contributed by atoms with Crippen LogP contribution in [0.4, 0.5) is 5.82 Å². The summed E-state index contributed by atoms with van der Waals surface area (Å²) in [6.07, 6.45) is 1.82. The van der Waals surface area contributed by atoms with Crippen molar-refractivity contribution in [3.8, 4) is 0 Å². The summed E-state index contributed by atoms with van der Waals surface area (Å²) in [5, 5.41) is 3.29. The summed E-state index contributed by atoms with van der Waals surface area (Å²) in [6.45, 7) is 2.86. The fraction of sp³-hybridized carbons (Fsp3) is 0.154. The van der Waals surface area contributed by atoms with Crippen molar-refractivity contribution >= 4 is 38.7 Å². The van der Waals surface area contributed by atoms with Crippen LogP contribution in [0.2, 0.25) is 0 Å². The van der Waals surface area contributed by atoms with E-state index < -0.39 is 0 Å². The molecular weight excluding hydrogens is 344 g/mol. The van der Waals surface area contributed by atoms with E-state index in [4.69, 9.17) is 0 Å². The average molecular weight is 358 g/mol. The standard InChI is InChI=1S/C13H13BrN2.BrH/c1-10-6-7-15-13(8-10)16-9-11-2-4-12(14)5-3-11;/h2-8H,9H2,1H3,(H,15,16);1H. The van der Waals surface area contributed by atoms with Crippen LogP contribution in [-0.4, -0.2) is 4.98 Å². The smallest absolute Gasteiger partial charge is 0.126 e. The van der Waals surface area contributed by atoms with Gasteiger partial charge in [-0.15, -0.1) is 17.0 Å². The van der Waals surface area contributed by atoms with Crippen molar-refractivity contribution in [2.75, 3.05) is 5.32 Å². The zero-order chi connectivity index (χ0) is 11.4. The summed E-state index contributed by atoms with van der Waals surface area (Å²) >= 11 is 3.42. The van der Waals surface area contributed by atoms with Gasteiger partial charge in [0.25, 0.3) is 0 Å². The van der Waals surface area contributed by atoms with E-state index in [9.17, 15) is 0 Å². The summed E-state index contributed by atoms with van der Waals surface area (Å²) in [5.41, 5.74) is 2.46. The molecule has 0 spiro atoms. The van der Waals surface area contributed by atoms with Crippen LogP contribution < -0.4 is 5.32 Å². The van der Waals surface area contributed by atoms with E-state index in [1.165, 1.54) is 11.1 Å². The van der Waals surface area contributed by atoms with Crippen molar-refractivity contribution in [1.29, 1.82) is 0 Å². The van der Waals surface area contributed by atoms with E-state index in [2.05, 4.69) is 45.3 Å². The van der Waals surface area contributed by atoms with Gasteiger partial charge in [-0.1, -0.05) is 28.1 Å². The number of rotatable bonds is 3. The Morgan fingerprint density at radius 3 is 2.53 bits per heavy atom. The number of nitrogens with one attached hydrogen (secondary N) is 1. The Hall–Kier alpha value is -0.870. The van der Waals surface area contributed by atoms with Crippen LogP contribution in [0.25, 0.3) is 0 Å². The first-order valence-electron chi connectivity index (χ1n) is 5.15. The molecule has 0 saturated heterocycles. The first kappa shape index (κ1) is 14.2. The largest absolute Gasteiger partial charge is 0.366 e. The third-order valence-electron chi connectivity index (χ3n) is 2.30. The summed E-state index contributed by atoms with van der Waals surface area (Å²) in [4.78, 5) is 4.25. The topological polar surface area (TPSA) is 24.9 Å². The predicted molar refractivity (Wildman–Crippen MR) is 80.8 cm³/mol. The van der Waals surface area contributed by atoms with Gasteiger partial charge < -0.3 is 5.32 Å². The highest BCUT2D eigenvalue weighted by atomic mass is 79.9. The lowest BCUT2D eigenvalue weighted by molar-refractivity contribution is 1.10. The SMILES string of the molecule is Br.Cc1ccnc(NCc2ccc(Br)cc2)c1. The van der Waals surface area contributed by atoms with Crippen molar-refractivity contribution in [3.05, 3.63) is 58.2 Å². The van der Waals surface area contributed by atoms with Crippen LogP contribution in [0.15, 0.2) is 47.1 Å². The molecule has 0 aliphatic rings. The fourth-order valence-corrected chi connectivity index (χ4v) is 1.69. The lowest BCUT2D eigenvalue weighted by Crippen LogP contribution is -2.00. The molecule has 2 rings (SSSR count). The molecule has 90 valence electrons. The molecule has 0 unspecified atom stereocenters. The van der Waals surface area contributed by atoms with E-state index in [1.54, 1.807) is 0 Å². The predicted octanol–water partition coefficient (Wildman–Crippen LogP) is 4.34. The second-order valence-corrected chi connectivity index (χ2v) is 4.61. The molecule has 0 fully saturated rings. The van der Waals surface area contributed by atoms with Gasteiger partial charge in [0.05, 0.1) is 0 Å². The van der Waals surface area contributed by atoms with Gasteiger partial charge >= 0.3 is 0 Å². The molecule has 0 bridgehead atoms. The summed E-state index contributed by atoms with van der Waals surface area (Å²) < 4.78 is 1.10. The van der Waals surface area contributed by atoms with Gasteiger partial charge in [0.15, 0.2) is 0 Å². The molecule has 0 aliphatic heterocycles. The highest BCUT2D eigenvalue weighted by Crippen LogP contribution is 2.12. The van der Waals surface area contributed by atoms with Gasteiger partial charge in [0, 0.05) is 17.2 Å². The Morgan fingerprint density at radius 2 is 1.88 bits per heavy atom. The second kappa shape index (κ2) is 6.77. The highest BCUT2D eigenvalue weighted by Gasteiger charge is 1.95. The van der Waals surface area contributed by atoms with Crippen molar-refractivity contribution in [2.45, 2.75) is 13.5 Å². The first-order chi connectivity index (χ1) is 7.74. The normalized spacial score (nSPS) is 9.53. The number of aryl methyl sites for hydroxylation is 1. The lowest BCUT2D eigenvalue weighted by Gasteiger charge is -2.06. The molecule has 1 N–H and O–H groups in total. The third-order valence-corrected chi connectivity index (χ3v) is 2.83. The van der Waals surface area contributed by atoms with E-state index in [0.717, 1.165) is 16.8 Å². The molecular formula is C13H14Br2N2. The summed E-state index contributed by atoms with van der Waals surface area (Å²) in [5.74, 6) is 0.919. The summed E-state index contributed by atoms with van der Waals surface area (Å²) in [6, 6.07) is 12.3. The zero-order valence-electron chi connectivity index (χ0n) is 9.48. The minimum atomic E-state index is 0.